The van der Waals surface area contributed by atoms with Crippen molar-refractivity contribution in [2.75, 3.05) is 5.73 Å². The van der Waals surface area contributed by atoms with Gasteiger partial charge in [-0.05, 0) is 48.2 Å². The van der Waals surface area contributed by atoms with Gasteiger partial charge in [0.25, 0.3) is 0 Å². The van der Waals surface area contributed by atoms with Crippen molar-refractivity contribution in [1.29, 1.82) is 0 Å². The molecule has 0 aliphatic heterocycles. The third-order valence-corrected chi connectivity index (χ3v) is 3.37. The molecule has 0 aliphatic rings. The number of hydrogen-bond acceptors (Lipinski definition) is 2. The van der Waals surface area contributed by atoms with Gasteiger partial charge in [-0.2, -0.15) is 0 Å². The van der Waals surface area contributed by atoms with Crippen LogP contribution in [0.4, 0.5) is 10.1 Å². The molecule has 0 aliphatic carbocycles. The number of hydrogen-bond donors (Lipinski definition) is 1. The molecule has 0 fully saturated rings. The molecule has 0 spiro atoms. The Labute approximate surface area is 119 Å². The van der Waals surface area contributed by atoms with Crippen LogP contribution in [0.15, 0.2) is 36.4 Å². The molecule has 2 N–H and O–H groups in total. The molecule has 2 rings (SSSR count). The van der Waals surface area contributed by atoms with E-state index in [2.05, 4.69) is 19.9 Å². The highest BCUT2D eigenvalue weighted by Crippen LogP contribution is 2.25. The van der Waals surface area contributed by atoms with Gasteiger partial charge in [0.15, 0.2) is 0 Å². The predicted octanol–water partition coefficient (Wildman–Crippen LogP) is 4.42. The van der Waals surface area contributed by atoms with Crippen molar-refractivity contribution in [2.24, 2.45) is 0 Å². The largest absolute Gasteiger partial charge is 0.489 e. The van der Waals surface area contributed by atoms with E-state index in [4.69, 9.17) is 10.5 Å². The summed E-state index contributed by atoms with van der Waals surface area (Å²) in [7, 11) is 0. The first kappa shape index (κ1) is 14.4. The highest BCUT2D eigenvalue weighted by molar-refractivity contribution is 5.47. The highest BCUT2D eigenvalue weighted by Gasteiger charge is 2.07. The Morgan fingerprint density at radius 1 is 1.15 bits per heavy atom. The maximum atomic E-state index is 13.2. The summed E-state index contributed by atoms with van der Waals surface area (Å²) in [6, 6.07) is 10.5. The Morgan fingerprint density at radius 2 is 1.90 bits per heavy atom. The fourth-order valence-electron chi connectivity index (χ4n) is 1.99. The monoisotopic (exact) mass is 273 g/mol. The maximum absolute atomic E-state index is 13.2. The topological polar surface area (TPSA) is 35.2 Å². The third-order valence-electron chi connectivity index (χ3n) is 3.37. The number of aryl methyl sites for hydroxylation is 1. The second-order valence-electron chi connectivity index (χ2n) is 5.31. The van der Waals surface area contributed by atoms with Gasteiger partial charge < -0.3 is 10.5 Å². The average molecular weight is 273 g/mol. The van der Waals surface area contributed by atoms with Gasteiger partial charge >= 0.3 is 0 Å². The lowest BCUT2D eigenvalue weighted by Crippen LogP contribution is -2.02. The Balaban J connectivity index is 2.18. The summed E-state index contributed by atoms with van der Waals surface area (Å²) < 4.78 is 19.0. The maximum Gasteiger partial charge on any atom is 0.123 e. The third kappa shape index (κ3) is 3.29. The van der Waals surface area contributed by atoms with Crippen LogP contribution >= 0.6 is 0 Å². The van der Waals surface area contributed by atoms with Gasteiger partial charge in [-0.3, -0.25) is 0 Å². The summed E-state index contributed by atoms with van der Waals surface area (Å²) in [4.78, 5) is 0. The van der Waals surface area contributed by atoms with Gasteiger partial charge in [-0.15, -0.1) is 0 Å². The molecule has 0 amide bonds. The molecule has 0 saturated carbocycles. The van der Waals surface area contributed by atoms with Crippen LogP contribution in [0, 0.1) is 12.7 Å². The fourth-order valence-corrected chi connectivity index (χ4v) is 1.99. The molecule has 3 heteroatoms. The van der Waals surface area contributed by atoms with Crippen molar-refractivity contribution in [2.45, 2.75) is 33.3 Å². The molecule has 0 heterocycles. The molecular formula is C17H20FNO. The lowest BCUT2D eigenvalue weighted by Gasteiger charge is -2.13. The van der Waals surface area contributed by atoms with Crippen molar-refractivity contribution in [3.8, 4) is 5.75 Å². The highest BCUT2D eigenvalue weighted by atomic mass is 19.1. The summed E-state index contributed by atoms with van der Waals surface area (Å²) in [5.74, 6) is 0.961. The van der Waals surface area contributed by atoms with Crippen LogP contribution in [-0.4, -0.2) is 0 Å². The number of ether oxygens (including phenoxy) is 1. The summed E-state index contributed by atoms with van der Waals surface area (Å²) in [6.45, 7) is 6.54. The average Bonchev–Trinajstić information content (AvgIpc) is 2.41. The van der Waals surface area contributed by atoms with Crippen molar-refractivity contribution in [3.05, 3.63) is 58.9 Å². The van der Waals surface area contributed by atoms with Gasteiger partial charge in [0.2, 0.25) is 0 Å². The molecule has 2 nitrogen and oxygen atoms in total. The van der Waals surface area contributed by atoms with E-state index in [1.807, 2.05) is 19.1 Å². The van der Waals surface area contributed by atoms with Gasteiger partial charge in [0.05, 0.1) is 0 Å². The Bertz CT molecular complexity index is 608. The lowest BCUT2D eigenvalue weighted by atomic mass is 10.0. The standard InChI is InChI=1S/C17H20FNO/c1-11(2)13-5-4-12(3)17(9-13)20-10-14-8-15(18)6-7-16(14)19/h4-9,11H,10,19H2,1-3H3. The first-order valence-corrected chi connectivity index (χ1v) is 6.74. The van der Waals surface area contributed by atoms with Crippen LogP contribution < -0.4 is 10.5 Å². The van der Waals surface area contributed by atoms with Gasteiger partial charge in [0.1, 0.15) is 18.2 Å². The lowest BCUT2D eigenvalue weighted by molar-refractivity contribution is 0.303. The summed E-state index contributed by atoms with van der Waals surface area (Å²) in [5.41, 5.74) is 9.31. The van der Waals surface area contributed by atoms with Crippen LogP contribution in [-0.2, 0) is 6.61 Å². The number of nitrogen functional groups attached to an aromatic ring is 1. The minimum Gasteiger partial charge on any atom is -0.489 e. The van der Waals surface area contributed by atoms with Gasteiger partial charge in [0, 0.05) is 11.3 Å². The van der Waals surface area contributed by atoms with Crippen molar-refractivity contribution in [1.82, 2.24) is 0 Å². The van der Waals surface area contributed by atoms with E-state index >= 15 is 0 Å². The van der Waals surface area contributed by atoms with Crippen LogP contribution in [0.25, 0.3) is 0 Å². The first-order valence-electron chi connectivity index (χ1n) is 6.74. The molecule has 2 aromatic carbocycles. The van der Waals surface area contributed by atoms with E-state index in [9.17, 15) is 4.39 Å². The second-order valence-corrected chi connectivity index (χ2v) is 5.31. The molecule has 0 aromatic heterocycles. The Kier molecular flexibility index (Phi) is 4.28. The number of rotatable bonds is 4. The normalized spacial score (nSPS) is 10.8. The van der Waals surface area contributed by atoms with Crippen molar-refractivity contribution >= 4 is 5.69 Å². The zero-order valence-corrected chi connectivity index (χ0v) is 12.1. The van der Waals surface area contributed by atoms with Crippen LogP contribution in [0.2, 0.25) is 0 Å². The van der Waals surface area contributed by atoms with E-state index < -0.39 is 0 Å². The van der Waals surface area contributed by atoms with Crippen LogP contribution in [0.5, 0.6) is 5.75 Å². The van der Waals surface area contributed by atoms with E-state index in [1.54, 1.807) is 6.07 Å². The number of halogens is 1. The minimum absolute atomic E-state index is 0.270. The molecule has 0 saturated heterocycles. The molecule has 0 radical (unpaired) electrons. The molecule has 0 atom stereocenters. The van der Waals surface area contributed by atoms with Crippen LogP contribution in [0.1, 0.15) is 36.5 Å². The van der Waals surface area contributed by atoms with Gasteiger partial charge in [-0.1, -0.05) is 26.0 Å². The molecule has 0 unspecified atom stereocenters. The second kappa shape index (κ2) is 5.95. The summed E-state index contributed by atoms with van der Waals surface area (Å²) in [5, 5.41) is 0. The molecule has 106 valence electrons. The van der Waals surface area contributed by atoms with Crippen molar-refractivity contribution in [3.63, 3.8) is 0 Å². The zero-order valence-electron chi connectivity index (χ0n) is 12.1. The van der Waals surface area contributed by atoms with E-state index in [0.717, 1.165) is 11.3 Å². The van der Waals surface area contributed by atoms with E-state index in [-0.39, 0.29) is 12.4 Å². The number of anilines is 1. The summed E-state index contributed by atoms with van der Waals surface area (Å²) >= 11 is 0. The first-order chi connectivity index (χ1) is 9.47. The Hall–Kier alpha value is -2.03. The van der Waals surface area contributed by atoms with E-state index in [0.29, 0.717) is 17.2 Å². The molecular weight excluding hydrogens is 253 g/mol. The van der Waals surface area contributed by atoms with Crippen molar-refractivity contribution < 1.29 is 9.13 Å². The zero-order chi connectivity index (χ0) is 14.7. The predicted molar refractivity (Wildman–Crippen MR) is 80.4 cm³/mol. The summed E-state index contributed by atoms with van der Waals surface area (Å²) in [6.07, 6.45) is 0. The van der Waals surface area contributed by atoms with Crippen LogP contribution in [0.3, 0.4) is 0 Å². The quantitative estimate of drug-likeness (QED) is 0.837. The SMILES string of the molecule is Cc1ccc(C(C)C)cc1OCc1cc(F)ccc1N. The number of nitrogens with two attached hydrogens (primary N) is 1. The fraction of sp³-hybridized carbons (Fsp3) is 0.294. The molecule has 2 aromatic rings. The molecule has 20 heavy (non-hydrogen) atoms. The van der Waals surface area contributed by atoms with Gasteiger partial charge in [-0.25, -0.2) is 4.39 Å². The molecule has 0 bridgehead atoms. The van der Waals surface area contributed by atoms with E-state index in [1.165, 1.54) is 17.7 Å². The number of benzene rings is 2. The Morgan fingerprint density at radius 3 is 2.60 bits per heavy atom. The minimum atomic E-state index is -0.301. The smallest absolute Gasteiger partial charge is 0.123 e.